The number of nitrogens with zero attached hydrogens (tertiary/aromatic N) is 3. The van der Waals surface area contributed by atoms with Gasteiger partial charge in [-0.2, -0.15) is 4.37 Å². The van der Waals surface area contributed by atoms with Crippen molar-refractivity contribution in [3.63, 3.8) is 0 Å². The summed E-state index contributed by atoms with van der Waals surface area (Å²) in [4.78, 5) is 29.0. The van der Waals surface area contributed by atoms with E-state index in [-0.39, 0.29) is 28.6 Å². The van der Waals surface area contributed by atoms with E-state index in [1.807, 2.05) is 0 Å². The van der Waals surface area contributed by atoms with E-state index in [0.717, 1.165) is 49.6 Å². The van der Waals surface area contributed by atoms with Gasteiger partial charge in [0, 0.05) is 37.3 Å². The van der Waals surface area contributed by atoms with Crippen molar-refractivity contribution in [1.82, 2.24) is 19.5 Å². The first-order valence-corrected chi connectivity index (χ1v) is 12.2. The van der Waals surface area contributed by atoms with Crippen molar-refractivity contribution in [2.75, 3.05) is 38.5 Å². The van der Waals surface area contributed by atoms with Crippen molar-refractivity contribution >= 4 is 28.5 Å². The highest BCUT2D eigenvalue weighted by Gasteiger charge is 2.40. The van der Waals surface area contributed by atoms with Crippen LogP contribution in [-0.2, 0) is 6.61 Å². The van der Waals surface area contributed by atoms with Gasteiger partial charge >= 0.3 is 12.0 Å². The van der Waals surface area contributed by atoms with Crippen LogP contribution in [0.2, 0.25) is 0 Å². The zero-order chi connectivity index (χ0) is 24.2. The fourth-order valence-electron chi connectivity index (χ4n) is 4.57. The maximum absolute atomic E-state index is 14.0. The molecule has 3 N–H and O–H groups in total. The number of hydrogen-bond donors (Lipinski definition) is 3. The smallest absolute Gasteiger partial charge is 0.344 e. The fourth-order valence-corrected chi connectivity index (χ4v) is 5.30. The highest BCUT2D eigenvalue weighted by Crippen LogP contribution is 2.31. The molecule has 2 atom stereocenters. The van der Waals surface area contributed by atoms with Gasteiger partial charge in [-0.15, -0.1) is 0 Å². The van der Waals surface area contributed by atoms with Crippen molar-refractivity contribution in [2.45, 2.75) is 44.9 Å². The minimum atomic E-state index is -1.28. The van der Waals surface area contributed by atoms with Gasteiger partial charge in [0.15, 0.2) is 5.56 Å². The molecule has 184 valence electrons. The van der Waals surface area contributed by atoms with Crippen LogP contribution in [0.15, 0.2) is 18.2 Å². The zero-order valence-electron chi connectivity index (χ0n) is 19.3. The van der Waals surface area contributed by atoms with Gasteiger partial charge in [0.2, 0.25) is 5.88 Å². The number of carboxylic acid groups (broad SMARTS) is 1. The average molecular weight is 492 g/mol. The Labute approximate surface area is 202 Å². The molecule has 3 heterocycles. The predicted octanol–water partition coefficient (Wildman–Crippen LogP) is 3.16. The lowest BCUT2D eigenvalue weighted by Crippen LogP contribution is -2.44. The molecule has 2 aliphatic rings. The van der Waals surface area contributed by atoms with Crippen LogP contribution in [0.5, 0.6) is 5.88 Å². The number of nitrogens with one attached hydrogen (secondary N) is 2. The Balaban J connectivity index is 1.22. The lowest BCUT2D eigenvalue weighted by Gasteiger charge is -2.31. The van der Waals surface area contributed by atoms with Crippen LogP contribution in [-0.4, -0.2) is 76.6 Å². The molecule has 2 aromatic rings. The Bertz CT molecular complexity index is 1050. The fraction of sp³-hybridized carbons (Fsp3) is 0.522. The van der Waals surface area contributed by atoms with Crippen LogP contribution in [0, 0.1) is 12.7 Å². The Morgan fingerprint density at radius 1 is 1.29 bits per heavy atom. The SMILES string of the molecule is Cc1ccc(COc2nsc(NC(=O)NCCCCN3CC4CC3CN4C)c2C(=O)O)c(F)c1. The molecular weight excluding hydrogens is 461 g/mol. The summed E-state index contributed by atoms with van der Waals surface area (Å²) in [6.45, 7) is 5.38. The van der Waals surface area contributed by atoms with E-state index in [1.54, 1.807) is 19.1 Å². The number of carbonyl (C=O) groups is 2. The number of rotatable bonds is 10. The summed E-state index contributed by atoms with van der Waals surface area (Å²) in [5.41, 5.74) is 0.812. The number of aryl methyl sites for hydroxylation is 1. The van der Waals surface area contributed by atoms with Crippen molar-refractivity contribution in [3.05, 3.63) is 40.7 Å². The summed E-state index contributed by atoms with van der Waals surface area (Å²) in [5, 5.41) is 15.0. The molecule has 9 nitrogen and oxygen atoms in total. The first-order chi connectivity index (χ1) is 16.3. The Morgan fingerprint density at radius 2 is 2.12 bits per heavy atom. The van der Waals surface area contributed by atoms with Crippen LogP contribution in [0.3, 0.4) is 0 Å². The molecule has 2 amide bonds. The number of aromatic carboxylic acids is 1. The van der Waals surface area contributed by atoms with Gasteiger partial charge in [0.1, 0.15) is 17.4 Å². The number of anilines is 1. The van der Waals surface area contributed by atoms with E-state index in [9.17, 15) is 19.1 Å². The number of carboxylic acids is 1. The van der Waals surface area contributed by atoms with Gasteiger partial charge in [-0.25, -0.2) is 14.0 Å². The van der Waals surface area contributed by atoms with E-state index in [2.05, 4.69) is 31.9 Å². The van der Waals surface area contributed by atoms with Gasteiger partial charge < -0.3 is 20.1 Å². The maximum atomic E-state index is 14.0. The number of amides is 2. The van der Waals surface area contributed by atoms with Gasteiger partial charge in [0.05, 0.1) is 0 Å². The number of fused-ring (bicyclic) bond motifs is 2. The van der Waals surface area contributed by atoms with Gasteiger partial charge in [-0.05, 0) is 62.9 Å². The Morgan fingerprint density at radius 3 is 2.79 bits per heavy atom. The normalized spacial score (nSPS) is 20.0. The first kappa shape index (κ1) is 24.4. The Hall–Kier alpha value is -2.76. The number of ether oxygens (including phenoxy) is 1. The second-order valence-electron chi connectivity index (χ2n) is 8.95. The molecule has 0 spiro atoms. The molecule has 2 unspecified atom stereocenters. The van der Waals surface area contributed by atoms with E-state index in [0.29, 0.717) is 18.6 Å². The van der Waals surface area contributed by atoms with Crippen LogP contribution in [0.1, 0.15) is 40.7 Å². The monoisotopic (exact) mass is 491 g/mol. The number of benzene rings is 1. The first-order valence-electron chi connectivity index (χ1n) is 11.4. The summed E-state index contributed by atoms with van der Waals surface area (Å²) in [6, 6.07) is 5.54. The second-order valence-corrected chi connectivity index (χ2v) is 9.72. The number of hydrogen-bond acceptors (Lipinski definition) is 7. The summed E-state index contributed by atoms with van der Waals surface area (Å²) >= 11 is 0.810. The molecule has 0 aliphatic carbocycles. The van der Waals surface area contributed by atoms with Crippen molar-refractivity contribution in [3.8, 4) is 5.88 Å². The van der Waals surface area contributed by atoms with Crippen molar-refractivity contribution < 1.29 is 23.8 Å². The van der Waals surface area contributed by atoms with Gasteiger partial charge in [0.25, 0.3) is 0 Å². The number of likely N-dealkylation sites (N-methyl/N-ethyl adjacent to an activating group) is 1. The highest BCUT2D eigenvalue weighted by molar-refractivity contribution is 7.11. The molecule has 2 bridgehead atoms. The Kier molecular flexibility index (Phi) is 7.64. The largest absolute Gasteiger partial charge is 0.477 e. The zero-order valence-corrected chi connectivity index (χ0v) is 20.2. The lowest BCUT2D eigenvalue weighted by atomic mass is 10.1. The molecule has 1 aromatic heterocycles. The number of carbonyl (C=O) groups excluding carboxylic acids is 1. The van der Waals surface area contributed by atoms with E-state index in [4.69, 9.17) is 4.74 Å². The third-order valence-corrected chi connectivity index (χ3v) is 7.21. The highest BCUT2D eigenvalue weighted by atomic mass is 32.1. The quantitative estimate of drug-likeness (QED) is 0.438. The van der Waals surface area contributed by atoms with Crippen LogP contribution in [0.25, 0.3) is 0 Å². The number of halogens is 1. The third-order valence-electron chi connectivity index (χ3n) is 6.46. The van der Waals surface area contributed by atoms with Crippen molar-refractivity contribution in [2.24, 2.45) is 0 Å². The molecule has 34 heavy (non-hydrogen) atoms. The molecule has 0 saturated carbocycles. The lowest BCUT2D eigenvalue weighted by molar-refractivity contribution is 0.0693. The van der Waals surface area contributed by atoms with Crippen LogP contribution in [0.4, 0.5) is 14.2 Å². The molecule has 4 rings (SSSR count). The minimum Gasteiger partial charge on any atom is -0.477 e. The van der Waals surface area contributed by atoms with Crippen LogP contribution < -0.4 is 15.4 Å². The molecule has 2 saturated heterocycles. The summed E-state index contributed by atoms with van der Waals surface area (Å²) in [5.74, 6) is -1.87. The van der Waals surface area contributed by atoms with Gasteiger partial charge in [-0.3, -0.25) is 10.2 Å². The molecule has 1 aromatic carbocycles. The molecule has 11 heteroatoms. The van der Waals surface area contributed by atoms with E-state index in [1.165, 1.54) is 12.5 Å². The van der Waals surface area contributed by atoms with Crippen molar-refractivity contribution in [1.29, 1.82) is 0 Å². The summed E-state index contributed by atoms with van der Waals surface area (Å²) in [6.07, 6.45) is 3.08. The predicted molar refractivity (Wildman–Crippen MR) is 127 cm³/mol. The summed E-state index contributed by atoms with van der Waals surface area (Å²) < 4.78 is 23.5. The van der Waals surface area contributed by atoms with Gasteiger partial charge in [-0.1, -0.05) is 12.1 Å². The maximum Gasteiger partial charge on any atom is 0.344 e. The van der Waals surface area contributed by atoms with E-state index < -0.39 is 17.8 Å². The standard InChI is InChI=1S/C23H30FN5O4S/c1-14-5-6-15(18(24)9-14)13-33-20-19(22(30)31)21(34-27-20)26-23(32)25-7-3-4-8-29-12-16-10-17(29)11-28(16)2/h5-6,9,16-17H,3-4,7-8,10-13H2,1-2H3,(H,30,31)(H2,25,26,32). The molecule has 0 radical (unpaired) electrons. The molecule has 2 fully saturated rings. The third kappa shape index (κ3) is 5.65. The number of aromatic nitrogens is 1. The number of piperazine rings is 1. The molecular formula is C23H30FN5O4S. The van der Waals surface area contributed by atoms with E-state index >= 15 is 0 Å². The number of likely N-dealkylation sites (tertiary alicyclic amines) is 2. The number of urea groups is 1. The average Bonchev–Trinajstić information content (AvgIpc) is 3.46. The molecule has 2 aliphatic heterocycles. The summed E-state index contributed by atoms with van der Waals surface area (Å²) in [7, 11) is 2.18. The second kappa shape index (κ2) is 10.7. The number of unbranched alkanes of at least 4 members (excludes halogenated alkanes) is 1. The van der Waals surface area contributed by atoms with Crippen LogP contribution >= 0.6 is 11.5 Å². The minimum absolute atomic E-state index is 0.0709. The topological polar surface area (TPSA) is 107 Å².